The first kappa shape index (κ1) is 20.5. The van der Waals surface area contributed by atoms with Crippen molar-refractivity contribution in [2.24, 2.45) is 11.8 Å². The van der Waals surface area contributed by atoms with Gasteiger partial charge in [-0.2, -0.15) is 0 Å². The minimum atomic E-state index is -0.467. The Kier molecular flexibility index (Phi) is 7.25. The van der Waals surface area contributed by atoms with Crippen LogP contribution in [0.25, 0.3) is 0 Å². The second-order valence-electron chi connectivity index (χ2n) is 6.94. The van der Waals surface area contributed by atoms with E-state index in [0.29, 0.717) is 22.7 Å². The maximum atomic E-state index is 12.5. The van der Waals surface area contributed by atoms with Crippen molar-refractivity contribution in [2.45, 2.75) is 62.9 Å². The van der Waals surface area contributed by atoms with Crippen LogP contribution in [0, 0.1) is 11.8 Å². The van der Waals surface area contributed by atoms with Gasteiger partial charge in [-0.25, -0.2) is 4.98 Å². The minimum absolute atomic E-state index is 0.0676. The summed E-state index contributed by atoms with van der Waals surface area (Å²) in [6.45, 7) is 6.19. The number of H-pyrrole nitrogens is 1. The molecule has 1 aromatic rings. The van der Waals surface area contributed by atoms with Crippen LogP contribution in [-0.4, -0.2) is 40.2 Å². The van der Waals surface area contributed by atoms with Crippen molar-refractivity contribution in [3.8, 4) is 0 Å². The van der Waals surface area contributed by atoms with Crippen molar-refractivity contribution >= 4 is 23.6 Å². The molecule has 1 saturated carbocycles. The number of rotatable bonds is 6. The molecule has 0 aliphatic heterocycles. The fraction of sp³-hybridized carbons (Fsp3) is 0.667. The van der Waals surface area contributed by atoms with Gasteiger partial charge in [0.15, 0.2) is 5.16 Å². The number of aromatic nitrogens is 2. The largest absolute Gasteiger partial charge is 0.469 e. The van der Waals surface area contributed by atoms with Crippen molar-refractivity contribution in [3.63, 3.8) is 0 Å². The first-order valence-electron chi connectivity index (χ1n) is 8.94. The SMILES string of the molecule is COC(=O)Cc1cc(=O)[nH]c(S[C@H](C)C(=O)N[C@H]2CCC[C@H](C)[C@H]2C)n1. The summed E-state index contributed by atoms with van der Waals surface area (Å²) in [6.07, 6.45) is 3.25. The summed E-state index contributed by atoms with van der Waals surface area (Å²) in [4.78, 5) is 42.5. The zero-order valence-electron chi connectivity index (χ0n) is 15.7. The third-order valence-corrected chi connectivity index (χ3v) is 6.00. The van der Waals surface area contributed by atoms with E-state index in [-0.39, 0.29) is 23.9 Å². The lowest BCUT2D eigenvalue weighted by Crippen LogP contribution is -2.46. The predicted octanol–water partition coefficient (Wildman–Crippen LogP) is 1.91. The Bertz CT molecular complexity index is 706. The molecule has 0 spiro atoms. The van der Waals surface area contributed by atoms with Gasteiger partial charge in [0.2, 0.25) is 5.91 Å². The van der Waals surface area contributed by atoms with E-state index in [9.17, 15) is 14.4 Å². The van der Waals surface area contributed by atoms with Gasteiger partial charge >= 0.3 is 5.97 Å². The molecule has 0 unspecified atom stereocenters. The Morgan fingerprint density at radius 3 is 2.85 bits per heavy atom. The second kappa shape index (κ2) is 9.21. The standard InChI is InChI=1S/C18H27N3O4S/c1-10-6-5-7-14(11(10)2)20-17(24)12(3)26-18-19-13(8-15(22)21-18)9-16(23)25-4/h8,10-12,14H,5-7,9H2,1-4H3,(H,20,24)(H,19,21,22)/t10-,11+,12+,14-/m0/s1. The molecule has 0 radical (unpaired) electrons. The lowest BCUT2D eigenvalue weighted by atomic mass is 9.78. The van der Waals surface area contributed by atoms with Crippen LogP contribution in [0.2, 0.25) is 0 Å². The molecule has 7 nitrogen and oxygen atoms in total. The second-order valence-corrected chi connectivity index (χ2v) is 8.27. The molecule has 1 aliphatic carbocycles. The van der Waals surface area contributed by atoms with Crippen molar-refractivity contribution < 1.29 is 14.3 Å². The highest BCUT2D eigenvalue weighted by atomic mass is 32.2. The summed E-state index contributed by atoms with van der Waals surface area (Å²) in [5.74, 6) is 0.517. The zero-order chi connectivity index (χ0) is 19.3. The fourth-order valence-electron chi connectivity index (χ4n) is 3.16. The van der Waals surface area contributed by atoms with E-state index in [1.165, 1.54) is 31.4 Å². The van der Waals surface area contributed by atoms with Crippen molar-refractivity contribution in [1.29, 1.82) is 0 Å². The number of thioether (sulfide) groups is 1. The molecule has 1 aromatic heterocycles. The predicted molar refractivity (Wildman–Crippen MR) is 100 cm³/mol. The van der Waals surface area contributed by atoms with Crippen molar-refractivity contribution in [3.05, 3.63) is 22.1 Å². The highest BCUT2D eigenvalue weighted by Gasteiger charge is 2.29. The number of hydrogen-bond donors (Lipinski definition) is 2. The number of nitrogens with one attached hydrogen (secondary N) is 2. The first-order valence-corrected chi connectivity index (χ1v) is 9.82. The Labute approximate surface area is 157 Å². The number of nitrogens with zero attached hydrogens (tertiary/aromatic N) is 1. The van der Waals surface area contributed by atoms with Crippen LogP contribution in [0.5, 0.6) is 0 Å². The number of carbonyl (C=O) groups is 2. The Balaban J connectivity index is 2.00. The van der Waals surface area contributed by atoms with E-state index < -0.39 is 11.2 Å². The van der Waals surface area contributed by atoms with Crippen LogP contribution in [0.3, 0.4) is 0 Å². The topological polar surface area (TPSA) is 101 Å². The normalized spacial score (nSPS) is 23.9. The van der Waals surface area contributed by atoms with E-state index in [4.69, 9.17) is 0 Å². The quantitative estimate of drug-likeness (QED) is 0.443. The molecule has 2 N–H and O–H groups in total. The van der Waals surface area contributed by atoms with Gasteiger partial charge in [-0.1, -0.05) is 38.5 Å². The molecule has 1 amide bonds. The fourth-order valence-corrected chi connectivity index (χ4v) is 4.00. The van der Waals surface area contributed by atoms with Gasteiger partial charge in [-0.3, -0.25) is 14.4 Å². The number of hydrogen-bond acceptors (Lipinski definition) is 6. The smallest absolute Gasteiger partial charge is 0.311 e. The highest BCUT2D eigenvalue weighted by molar-refractivity contribution is 8.00. The van der Waals surface area contributed by atoms with Gasteiger partial charge in [0.05, 0.1) is 24.5 Å². The lowest BCUT2D eigenvalue weighted by Gasteiger charge is -2.35. The van der Waals surface area contributed by atoms with Crippen LogP contribution >= 0.6 is 11.8 Å². The number of carbonyl (C=O) groups excluding carboxylic acids is 2. The van der Waals surface area contributed by atoms with Crippen LogP contribution in [0.15, 0.2) is 16.0 Å². The van der Waals surface area contributed by atoms with Crippen LogP contribution in [0.1, 0.15) is 45.7 Å². The molecule has 1 fully saturated rings. The van der Waals surface area contributed by atoms with E-state index in [2.05, 4.69) is 33.9 Å². The molecule has 1 aliphatic rings. The van der Waals surface area contributed by atoms with Gasteiger partial charge in [-0.15, -0.1) is 0 Å². The Hall–Kier alpha value is -1.83. The first-order chi connectivity index (χ1) is 12.3. The molecule has 0 saturated heterocycles. The zero-order valence-corrected chi connectivity index (χ0v) is 16.5. The summed E-state index contributed by atoms with van der Waals surface area (Å²) >= 11 is 1.17. The van der Waals surface area contributed by atoms with Gasteiger partial charge in [0.1, 0.15) is 0 Å². The van der Waals surface area contributed by atoms with Crippen molar-refractivity contribution in [1.82, 2.24) is 15.3 Å². The molecule has 26 heavy (non-hydrogen) atoms. The molecule has 0 bridgehead atoms. The van der Waals surface area contributed by atoms with Crippen LogP contribution in [0.4, 0.5) is 0 Å². The van der Waals surface area contributed by atoms with E-state index in [0.717, 1.165) is 12.8 Å². The third-order valence-electron chi connectivity index (χ3n) is 5.02. The Morgan fingerprint density at radius 1 is 1.42 bits per heavy atom. The Morgan fingerprint density at radius 2 is 2.15 bits per heavy atom. The lowest BCUT2D eigenvalue weighted by molar-refractivity contribution is -0.139. The number of ether oxygens (including phenoxy) is 1. The molecule has 0 aromatic carbocycles. The maximum Gasteiger partial charge on any atom is 0.311 e. The molecular formula is C18H27N3O4S. The molecule has 2 rings (SSSR count). The van der Waals surface area contributed by atoms with E-state index in [1.807, 2.05) is 0 Å². The summed E-state index contributed by atoms with van der Waals surface area (Å²) in [5.41, 5.74) is -0.0332. The molecule has 8 heteroatoms. The summed E-state index contributed by atoms with van der Waals surface area (Å²) in [5, 5.41) is 3.05. The van der Waals surface area contributed by atoms with Crippen molar-refractivity contribution in [2.75, 3.05) is 7.11 Å². The maximum absolute atomic E-state index is 12.5. The van der Waals surface area contributed by atoms with E-state index >= 15 is 0 Å². The molecule has 1 heterocycles. The molecular weight excluding hydrogens is 354 g/mol. The highest BCUT2D eigenvalue weighted by Crippen LogP contribution is 2.30. The van der Waals surface area contributed by atoms with Gasteiger partial charge < -0.3 is 15.0 Å². The van der Waals surface area contributed by atoms with Gasteiger partial charge in [-0.05, 0) is 25.2 Å². The molecule has 144 valence electrons. The van der Waals surface area contributed by atoms with Gasteiger partial charge in [0.25, 0.3) is 5.56 Å². The monoisotopic (exact) mass is 381 g/mol. The minimum Gasteiger partial charge on any atom is -0.469 e. The van der Waals surface area contributed by atoms with Gasteiger partial charge in [0, 0.05) is 12.1 Å². The third kappa shape index (κ3) is 5.59. The average molecular weight is 381 g/mol. The van der Waals surface area contributed by atoms with Crippen LogP contribution < -0.4 is 10.9 Å². The van der Waals surface area contributed by atoms with Crippen LogP contribution in [-0.2, 0) is 20.7 Å². The average Bonchev–Trinajstić information content (AvgIpc) is 2.58. The van der Waals surface area contributed by atoms with E-state index in [1.54, 1.807) is 6.92 Å². The number of aromatic amines is 1. The summed E-state index contributed by atoms with van der Waals surface area (Å²) < 4.78 is 4.59. The summed E-state index contributed by atoms with van der Waals surface area (Å²) in [7, 11) is 1.28. The summed E-state index contributed by atoms with van der Waals surface area (Å²) in [6, 6.07) is 1.45. The molecule has 4 atom stereocenters. The number of esters is 1. The number of methoxy groups -OCH3 is 1. The number of amides is 1.